The van der Waals surface area contributed by atoms with Crippen LogP contribution >= 0.6 is 39.1 Å². The van der Waals surface area contributed by atoms with Gasteiger partial charge in [0.05, 0.1) is 15.6 Å². The van der Waals surface area contributed by atoms with Crippen LogP contribution < -0.4 is 0 Å². The number of nitrogens with zero attached hydrogens (tertiary/aromatic N) is 1. The van der Waals surface area contributed by atoms with Gasteiger partial charge in [0.25, 0.3) is 0 Å². The van der Waals surface area contributed by atoms with E-state index in [1.54, 1.807) is 6.20 Å². The molecule has 72 valence electrons. The van der Waals surface area contributed by atoms with Crippen molar-refractivity contribution in [3.63, 3.8) is 0 Å². The van der Waals surface area contributed by atoms with Crippen LogP contribution in [-0.4, -0.2) is 4.98 Å². The lowest BCUT2D eigenvalue weighted by Gasteiger charge is -2.05. The van der Waals surface area contributed by atoms with E-state index in [4.69, 9.17) is 23.2 Å². The van der Waals surface area contributed by atoms with Gasteiger partial charge in [0.1, 0.15) is 0 Å². The predicted octanol–water partition coefficient (Wildman–Crippen LogP) is 4.44. The van der Waals surface area contributed by atoms with E-state index in [9.17, 15) is 0 Å². The third kappa shape index (κ3) is 1.62. The number of hydrogen-bond acceptors (Lipinski definition) is 1. The van der Waals surface area contributed by atoms with Crippen LogP contribution in [0.1, 0.15) is 5.56 Å². The van der Waals surface area contributed by atoms with E-state index < -0.39 is 0 Å². The van der Waals surface area contributed by atoms with Gasteiger partial charge in [-0.1, -0.05) is 39.1 Å². The van der Waals surface area contributed by atoms with Crippen molar-refractivity contribution in [1.29, 1.82) is 0 Å². The molecule has 0 fully saturated rings. The predicted molar refractivity (Wildman–Crippen MR) is 64.4 cm³/mol. The number of alkyl halides is 1. The maximum absolute atomic E-state index is 6.16. The Bertz CT molecular complexity index is 485. The summed E-state index contributed by atoms with van der Waals surface area (Å²) in [5, 5.41) is 2.93. The maximum atomic E-state index is 6.16. The molecule has 0 unspecified atom stereocenters. The fraction of sp³-hybridized carbons (Fsp3) is 0.100. The molecule has 4 heteroatoms. The number of halogens is 3. The molecule has 0 spiro atoms. The Hall–Kier alpha value is -0.310. The van der Waals surface area contributed by atoms with Gasteiger partial charge in [-0.3, -0.25) is 4.98 Å². The smallest absolute Gasteiger partial charge is 0.0906 e. The molecule has 0 saturated heterocycles. The standard InChI is InChI=1S/C10H6BrCl2N/c11-5-6-4-8(12)7-2-1-3-14-10(7)9(6)13/h1-4H,5H2. The summed E-state index contributed by atoms with van der Waals surface area (Å²) in [6.45, 7) is 0. The van der Waals surface area contributed by atoms with Gasteiger partial charge in [-0.25, -0.2) is 0 Å². The molecule has 0 saturated carbocycles. The average Bonchev–Trinajstić information content (AvgIpc) is 2.23. The van der Waals surface area contributed by atoms with Crippen LogP contribution in [0.4, 0.5) is 0 Å². The first kappa shape index (κ1) is 10.2. The first-order valence-corrected chi connectivity index (χ1v) is 5.89. The highest BCUT2D eigenvalue weighted by Crippen LogP contribution is 2.32. The number of aromatic nitrogens is 1. The Morgan fingerprint density at radius 2 is 2.14 bits per heavy atom. The molecule has 0 bridgehead atoms. The first-order valence-electron chi connectivity index (χ1n) is 4.01. The molecule has 0 radical (unpaired) electrons. The van der Waals surface area contributed by atoms with Crippen molar-refractivity contribution >= 4 is 50.0 Å². The van der Waals surface area contributed by atoms with E-state index in [0.29, 0.717) is 15.4 Å². The van der Waals surface area contributed by atoms with Crippen molar-refractivity contribution in [3.05, 3.63) is 40.0 Å². The molecular formula is C10H6BrCl2N. The number of benzene rings is 1. The summed E-state index contributed by atoms with van der Waals surface area (Å²) in [7, 11) is 0. The van der Waals surface area contributed by atoms with E-state index in [1.807, 2.05) is 18.2 Å². The van der Waals surface area contributed by atoms with Crippen LogP contribution in [0.3, 0.4) is 0 Å². The second-order valence-corrected chi connectivity index (χ2v) is 4.21. The number of rotatable bonds is 1. The molecule has 0 aliphatic carbocycles. The van der Waals surface area contributed by atoms with E-state index in [0.717, 1.165) is 16.5 Å². The summed E-state index contributed by atoms with van der Waals surface area (Å²) in [6, 6.07) is 5.62. The van der Waals surface area contributed by atoms with Crippen LogP contribution in [0.2, 0.25) is 10.0 Å². The highest BCUT2D eigenvalue weighted by Gasteiger charge is 2.08. The first-order chi connectivity index (χ1) is 6.74. The molecule has 0 aliphatic heterocycles. The molecule has 0 N–H and O–H groups in total. The maximum Gasteiger partial charge on any atom is 0.0906 e. The molecule has 1 nitrogen and oxygen atoms in total. The Labute approximate surface area is 100 Å². The Morgan fingerprint density at radius 1 is 1.36 bits per heavy atom. The lowest BCUT2D eigenvalue weighted by atomic mass is 10.1. The van der Waals surface area contributed by atoms with Crippen molar-refractivity contribution in [1.82, 2.24) is 4.98 Å². The zero-order chi connectivity index (χ0) is 10.1. The number of pyridine rings is 1. The van der Waals surface area contributed by atoms with Crippen molar-refractivity contribution in [2.45, 2.75) is 5.33 Å². The number of hydrogen-bond donors (Lipinski definition) is 0. The third-order valence-electron chi connectivity index (χ3n) is 2.00. The molecule has 1 aromatic carbocycles. The molecule has 1 heterocycles. The van der Waals surface area contributed by atoms with Gasteiger partial charge in [-0.05, 0) is 23.8 Å². The molecule has 2 rings (SSSR count). The average molecular weight is 291 g/mol. The van der Waals surface area contributed by atoms with Crippen molar-refractivity contribution in [3.8, 4) is 0 Å². The monoisotopic (exact) mass is 289 g/mol. The van der Waals surface area contributed by atoms with Gasteiger partial charge >= 0.3 is 0 Å². The van der Waals surface area contributed by atoms with Crippen LogP contribution in [0.15, 0.2) is 24.4 Å². The van der Waals surface area contributed by atoms with Gasteiger partial charge < -0.3 is 0 Å². The van der Waals surface area contributed by atoms with Crippen LogP contribution in [-0.2, 0) is 5.33 Å². The minimum absolute atomic E-state index is 0.668. The molecule has 0 amide bonds. The topological polar surface area (TPSA) is 12.9 Å². The highest BCUT2D eigenvalue weighted by molar-refractivity contribution is 9.08. The summed E-state index contributed by atoms with van der Waals surface area (Å²) in [5.74, 6) is 0. The fourth-order valence-corrected chi connectivity index (χ4v) is 2.48. The minimum atomic E-state index is 0.668. The van der Waals surface area contributed by atoms with E-state index in [2.05, 4.69) is 20.9 Å². The van der Waals surface area contributed by atoms with E-state index in [1.165, 1.54) is 0 Å². The lowest BCUT2D eigenvalue weighted by molar-refractivity contribution is 1.38. The zero-order valence-corrected chi connectivity index (χ0v) is 10.2. The van der Waals surface area contributed by atoms with Crippen molar-refractivity contribution in [2.24, 2.45) is 0 Å². The number of fused-ring (bicyclic) bond motifs is 1. The molecule has 0 aliphatic rings. The summed E-state index contributed by atoms with van der Waals surface area (Å²) in [6.07, 6.45) is 1.71. The summed E-state index contributed by atoms with van der Waals surface area (Å²) in [4.78, 5) is 4.21. The van der Waals surface area contributed by atoms with Gasteiger partial charge in [0.2, 0.25) is 0 Å². The highest BCUT2D eigenvalue weighted by atomic mass is 79.9. The SMILES string of the molecule is Clc1cc(CBr)c(Cl)c2ncccc12. The van der Waals surface area contributed by atoms with E-state index in [-0.39, 0.29) is 0 Å². The van der Waals surface area contributed by atoms with Crippen molar-refractivity contribution < 1.29 is 0 Å². The molecule has 14 heavy (non-hydrogen) atoms. The second kappa shape index (κ2) is 4.05. The van der Waals surface area contributed by atoms with Gasteiger partial charge in [0.15, 0.2) is 0 Å². The summed E-state index contributed by atoms with van der Waals surface area (Å²) >= 11 is 15.6. The van der Waals surface area contributed by atoms with Gasteiger partial charge in [0, 0.05) is 16.9 Å². The molecular weight excluding hydrogens is 285 g/mol. The van der Waals surface area contributed by atoms with Crippen molar-refractivity contribution in [2.75, 3.05) is 0 Å². The quantitative estimate of drug-likeness (QED) is 0.708. The Morgan fingerprint density at radius 3 is 2.86 bits per heavy atom. The Kier molecular flexibility index (Phi) is 2.96. The molecule has 1 aromatic heterocycles. The lowest BCUT2D eigenvalue weighted by Crippen LogP contribution is -1.86. The van der Waals surface area contributed by atoms with Gasteiger partial charge in [-0.15, -0.1) is 0 Å². The minimum Gasteiger partial charge on any atom is -0.255 e. The zero-order valence-electron chi connectivity index (χ0n) is 7.10. The summed E-state index contributed by atoms with van der Waals surface area (Å²) in [5.41, 5.74) is 1.72. The largest absolute Gasteiger partial charge is 0.255 e. The molecule has 2 aromatic rings. The Balaban J connectivity index is 2.87. The third-order valence-corrected chi connectivity index (χ3v) is 3.34. The van der Waals surface area contributed by atoms with Gasteiger partial charge in [-0.2, -0.15) is 0 Å². The van der Waals surface area contributed by atoms with E-state index >= 15 is 0 Å². The van der Waals surface area contributed by atoms with Crippen LogP contribution in [0, 0.1) is 0 Å². The van der Waals surface area contributed by atoms with Crippen LogP contribution in [0.5, 0.6) is 0 Å². The van der Waals surface area contributed by atoms with Crippen LogP contribution in [0.25, 0.3) is 10.9 Å². The molecule has 0 atom stereocenters. The second-order valence-electron chi connectivity index (χ2n) is 2.86. The summed E-state index contributed by atoms with van der Waals surface area (Å²) < 4.78 is 0. The fourth-order valence-electron chi connectivity index (χ4n) is 1.32. The normalized spacial score (nSPS) is 10.8.